The lowest BCUT2D eigenvalue weighted by Gasteiger charge is -2.17. The van der Waals surface area contributed by atoms with Crippen LogP contribution >= 0.6 is 0 Å². The van der Waals surface area contributed by atoms with Crippen LogP contribution in [0.3, 0.4) is 0 Å². The van der Waals surface area contributed by atoms with E-state index in [9.17, 15) is 4.79 Å². The topological polar surface area (TPSA) is 53.2 Å². The van der Waals surface area contributed by atoms with Crippen LogP contribution < -0.4 is 16.0 Å². The summed E-state index contributed by atoms with van der Waals surface area (Å²) in [7, 11) is 0. The van der Waals surface area contributed by atoms with Gasteiger partial charge in [0.25, 0.3) is 0 Å². The zero-order valence-electron chi connectivity index (χ0n) is 13.0. The minimum absolute atomic E-state index is 0.132. The van der Waals surface area contributed by atoms with Gasteiger partial charge in [0, 0.05) is 17.8 Å². The van der Waals surface area contributed by atoms with Crippen LogP contribution in [0.4, 0.5) is 10.5 Å². The molecule has 0 saturated carbocycles. The lowest BCUT2D eigenvalue weighted by Crippen LogP contribution is -2.37. The van der Waals surface area contributed by atoms with Gasteiger partial charge in [-0.05, 0) is 44.0 Å². The Labute approximate surface area is 122 Å². The predicted octanol–water partition coefficient (Wildman–Crippen LogP) is 3.67. The molecule has 1 aromatic rings. The largest absolute Gasteiger partial charge is 0.335 e. The van der Waals surface area contributed by atoms with E-state index in [0.717, 1.165) is 25.1 Å². The van der Waals surface area contributed by atoms with Crippen molar-refractivity contribution in [1.29, 1.82) is 0 Å². The summed E-state index contributed by atoms with van der Waals surface area (Å²) in [5, 5.41) is 9.24. The van der Waals surface area contributed by atoms with Gasteiger partial charge in [0.2, 0.25) is 0 Å². The first-order chi connectivity index (χ1) is 9.60. The van der Waals surface area contributed by atoms with E-state index in [1.54, 1.807) is 0 Å². The zero-order valence-corrected chi connectivity index (χ0v) is 13.0. The molecule has 2 amide bonds. The van der Waals surface area contributed by atoms with E-state index in [2.05, 4.69) is 49.7 Å². The molecule has 0 aromatic heterocycles. The normalized spacial score (nSPS) is 12.2. The third kappa shape index (κ3) is 5.21. The van der Waals surface area contributed by atoms with Crippen LogP contribution in [0.25, 0.3) is 0 Å². The summed E-state index contributed by atoms with van der Waals surface area (Å²) >= 11 is 0. The van der Waals surface area contributed by atoms with Gasteiger partial charge in [0.15, 0.2) is 0 Å². The van der Waals surface area contributed by atoms with E-state index < -0.39 is 0 Å². The first-order valence-corrected chi connectivity index (χ1v) is 7.51. The van der Waals surface area contributed by atoms with Gasteiger partial charge in [-0.2, -0.15) is 0 Å². The molecule has 0 saturated heterocycles. The van der Waals surface area contributed by atoms with E-state index in [0.29, 0.717) is 0 Å². The smallest absolute Gasteiger partial charge is 0.319 e. The second-order valence-electron chi connectivity index (χ2n) is 5.02. The molecule has 1 rings (SSSR count). The summed E-state index contributed by atoms with van der Waals surface area (Å²) in [6.07, 6.45) is 1.89. The van der Waals surface area contributed by atoms with Crippen molar-refractivity contribution in [2.24, 2.45) is 0 Å². The van der Waals surface area contributed by atoms with Crippen molar-refractivity contribution in [3.63, 3.8) is 0 Å². The molecule has 0 spiro atoms. The Bertz CT molecular complexity index is 416. The van der Waals surface area contributed by atoms with Gasteiger partial charge in [0.1, 0.15) is 0 Å². The van der Waals surface area contributed by atoms with Gasteiger partial charge in [-0.25, -0.2) is 4.79 Å². The average Bonchev–Trinajstić information content (AvgIpc) is 2.45. The molecule has 1 atom stereocenters. The molecular weight excluding hydrogens is 250 g/mol. The monoisotopic (exact) mass is 277 g/mol. The maximum Gasteiger partial charge on any atom is 0.319 e. The number of urea groups is 1. The summed E-state index contributed by atoms with van der Waals surface area (Å²) < 4.78 is 0. The number of amides is 2. The van der Waals surface area contributed by atoms with Gasteiger partial charge in [-0.15, -0.1) is 0 Å². The van der Waals surface area contributed by atoms with Crippen molar-refractivity contribution in [3.05, 3.63) is 29.8 Å². The van der Waals surface area contributed by atoms with Gasteiger partial charge in [-0.1, -0.05) is 32.9 Å². The number of nitrogens with one attached hydrogen (secondary N) is 3. The molecular formula is C16H27N3O. The first kappa shape index (κ1) is 16.5. The molecule has 0 fully saturated rings. The lowest BCUT2D eigenvalue weighted by atomic mass is 10.1. The van der Waals surface area contributed by atoms with Crippen molar-refractivity contribution >= 4 is 11.7 Å². The van der Waals surface area contributed by atoms with E-state index in [-0.39, 0.29) is 18.1 Å². The third-order valence-electron chi connectivity index (χ3n) is 3.48. The summed E-state index contributed by atoms with van der Waals surface area (Å²) in [6.45, 7) is 9.28. The number of hydrogen-bond donors (Lipinski definition) is 3. The number of benzene rings is 1. The second kappa shape index (κ2) is 8.59. The Morgan fingerprint density at radius 2 is 1.90 bits per heavy atom. The van der Waals surface area contributed by atoms with Crippen LogP contribution in [-0.4, -0.2) is 18.6 Å². The van der Waals surface area contributed by atoms with Crippen LogP contribution in [-0.2, 0) is 0 Å². The minimum Gasteiger partial charge on any atom is -0.335 e. The second-order valence-corrected chi connectivity index (χ2v) is 5.02. The Morgan fingerprint density at radius 1 is 1.20 bits per heavy atom. The maximum atomic E-state index is 11.9. The van der Waals surface area contributed by atoms with E-state index in [1.165, 1.54) is 5.56 Å². The van der Waals surface area contributed by atoms with Crippen molar-refractivity contribution in [3.8, 4) is 0 Å². The first-order valence-electron chi connectivity index (χ1n) is 7.51. The molecule has 0 aliphatic carbocycles. The van der Waals surface area contributed by atoms with Crippen LogP contribution in [0.1, 0.15) is 52.1 Å². The fourth-order valence-electron chi connectivity index (χ4n) is 2.16. The van der Waals surface area contributed by atoms with Crippen molar-refractivity contribution in [1.82, 2.24) is 10.6 Å². The molecule has 1 aromatic carbocycles. The minimum atomic E-state index is -0.132. The highest BCUT2D eigenvalue weighted by Crippen LogP contribution is 2.17. The summed E-state index contributed by atoms with van der Waals surface area (Å²) in [5.41, 5.74) is 2.00. The molecule has 1 unspecified atom stereocenters. The van der Waals surface area contributed by atoms with Gasteiger partial charge >= 0.3 is 6.03 Å². The van der Waals surface area contributed by atoms with E-state index in [4.69, 9.17) is 0 Å². The SMILES string of the molecule is CCNC(C)c1cccc(NC(=O)NC(CC)CC)c1. The fourth-order valence-corrected chi connectivity index (χ4v) is 2.16. The van der Waals surface area contributed by atoms with Crippen LogP contribution in [0, 0.1) is 0 Å². The van der Waals surface area contributed by atoms with Crippen LogP contribution in [0.15, 0.2) is 24.3 Å². The fraction of sp³-hybridized carbons (Fsp3) is 0.562. The van der Waals surface area contributed by atoms with Crippen LogP contribution in [0.5, 0.6) is 0 Å². The molecule has 4 nitrogen and oxygen atoms in total. The molecule has 0 aliphatic rings. The molecule has 0 radical (unpaired) electrons. The standard InChI is InChI=1S/C16H27N3O/c1-5-14(6-2)18-16(20)19-15-10-8-9-13(11-15)12(4)17-7-3/h8-12,14,17H,5-7H2,1-4H3,(H2,18,19,20). The Balaban J connectivity index is 2.63. The highest BCUT2D eigenvalue weighted by Gasteiger charge is 2.09. The molecule has 0 aliphatic heterocycles. The molecule has 0 bridgehead atoms. The Kier molecular flexibility index (Phi) is 7.09. The number of carbonyl (C=O) groups is 1. The number of anilines is 1. The molecule has 3 N–H and O–H groups in total. The quantitative estimate of drug-likeness (QED) is 0.712. The van der Waals surface area contributed by atoms with Gasteiger partial charge in [0.05, 0.1) is 0 Å². The Morgan fingerprint density at radius 3 is 2.50 bits per heavy atom. The zero-order chi connectivity index (χ0) is 15.0. The molecule has 0 heterocycles. The van der Waals surface area contributed by atoms with E-state index >= 15 is 0 Å². The average molecular weight is 277 g/mol. The lowest BCUT2D eigenvalue weighted by molar-refractivity contribution is 0.247. The highest BCUT2D eigenvalue weighted by atomic mass is 16.2. The molecule has 112 valence electrons. The number of carbonyl (C=O) groups excluding carboxylic acids is 1. The Hall–Kier alpha value is -1.55. The third-order valence-corrected chi connectivity index (χ3v) is 3.48. The van der Waals surface area contributed by atoms with E-state index in [1.807, 2.05) is 18.2 Å². The van der Waals surface area contributed by atoms with Crippen molar-refractivity contribution in [2.45, 2.75) is 52.6 Å². The van der Waals surface area contributed by atoms with Crippen molar-refractivity contribution < 1.29 is 4.79 Å². The molecule has 20 heavy (non-hydrogen) atoms. The summed E-state index contributed by atoms with van der Waals surface area (Å²) in [6, 6.07) is 8.34. The number of hydrogen-bond acceptors (Lipinski definition) is 2. The van der Waals surface area contributed by atoms with Gasteiger partial charge in [-0.3, -0.25) is 0 Å². The summed E-state index contributed by atoms with van der Waals surface area (Å²) in [4.78, 5) is 11.9. The number of rotatable bonds is 7. The van der Waals surface area contributed by atoms with Gasteiger partial charge < -0.3 is 16.0 Å². The maximum absolute atomic E-state index is 11.9. The molecule has 4 heteroatoms. The highest BCUT2D eigenvalue weighted by molar-refractivity contribution is 5.89. The van der Waals surface area contributed by atoms with Crippen LogP contribution in [0.2, 0.25) is 0 Å². The predicted molar refractivity (Wildman–Crippen MR) is 85.1 cm³/mol. The van der Waals surface area contributed by atoms with Crippen molar-refractivity contribution in [2.75, 3.05) is 11.9 Å². The summed E-state index contributed by atoms with van der Waals surface area (Å²) in [5.74, 6) is 0.